The van der Waals surface area contributed by atoms with Crippen molar-refractivity contribution in [3.63, 3.8) is 0 Å². The van der Waals surface area contributed by atoms with Crippen LogP contribution in [0.4, 0.5) is 0 Å². The zero-order chi connectivity index (χ0) is 12.1. The minimum absolute atomic E-state index is 0.125. The lowest BCUT2D eigenvalue weighted by Crippen LogP contribution is -1.94. The fourth-order valence-corrected chi connectivity index (χ4v) is 1.48. The van der Waals surface area contributed by atoms with Gasteiger partial charge in [-0.25, -0.2) is 4.79 Å². The van der Waals surface area contributed by atoms with Gasteiger partial charge in [0.05, 0.1) is 0 Å². The first-order chi connectivity index (χ1) is 8.27. The van der Waals surface area contributed by atoms with E-state index in [-0.39, 0.29) is 19.4 Å². The van der Waals surface area contributed by atoms with Gasteiger partial charge in [0.1, 0.15) is 12.4 Å². The van der Waals surface area contributed by atoms with Crippen molar-refractivity contribution in [2.24, 2.45) is 0 Å². The highest BCUT2D eigenvalue weighted by Gasteiger charge is 2.08. The van der Waals surface area contributed by atoms with E-state index in [0.29, 0.717) is 5.75 Å². The van der Waals surface area contributed by atoms with Gasteiger partial charge in [0.2, 0.25) is 0 Å². The number of hydrogen-bond acceptors (Lipinski definition) is 4. The van der Waals surface area contributed by atoms with Crippen molar-refractivity contribution in [3.05, 3.63) is 42.5 Å². The number of aromatic hydroxyl groups is 1. The third-order valence-electron chi connectivity index (χ3n) is 2.29. The predicted molar refractivity (Wildman–Crippen MR) is 62.5 cm³/mol. The molecular formula is C13H12O4. The summed E-state index contributed by atoms with van der Waals surface area (Å²) in [6.45, 7) is 0.263. The minimum Gasteiger partial charge on any atom is -0.507 e. The molecular weight excluding hydrogens is 220 g/mol. The Balaban J connectivity index is 0.000000153. The number of carbonyl (C=O) groups is 1. The molecule has 1 saturated heterocycles. The second kappa shape index (κ2) is 5.32. The molecule has 1 heterocycles. The number of benzene rings is 2. The number of cyclic esters (lactones) is 1. The van der Waals surface area contributed by atoms with Crippen molar-refractivity contribution in [2.45, 2.75) is 0 Å². The Labute approximate surface area is 98.4 Å². The van der Waals surface area contributed by atoms with E-state index in [1.165, 1.54) is 0 Å². The highest BCUT2D eigenvalue weighted by molar-refractivity contribution is 5.87. The van der Waals surface area contributed by atoms with Crippen LogP contribution in [-0.2, 0) is 14.3 Å². The molecule has 2 aromatic rings. The average molecular weight is 232 g/mol. The van der Waals surface area contributed by atoms with Crippen LogP contribution in [0.5, 0.6) is 5.75 Å². The monoisotopic (exact) mass is 232 g/mol. The molecule has 0 unspecified atom stereocenters. The molecule has 4 nitrogen and oxygen atoms in total. The summed E-state index contributed by atoms with van der Waals surface area (Å²) in [5, 5.41) is 11.4. The number of phenols is 1. The minimum atomic E-state index is -0.269. The van der Waals surface area contributed by atoms with Gasteiger partial charge in [-0.3, -0.25) is 0 Å². The van der Waals surface area contributed by atoms with Crippen LogP contribution >= 0.6 is 0 Å². The molecule has 88 valence electrons. The molecule has 0 spiro atoms. The molecule has 1 aliphatic heterocycles. The summed E-state index contributed by atoms with van der Waals surface area (Å²) in [5.74, 6) is 0.0816. The second-order valence-electron chi connectivity index (χ2n) is 3.48. The summed E-state index contributed by atoms with van der Waals surface area (Å²) >= 11 is 0. The summed E-state index contributed by atoms with van der Waals surface area (Å²) in [6, 6.07) is 13.3. The lowest BCUT2D eigenvalue weighted by atomic mass is 10.1. The quantitative estimate of drug-likeness (QED) is 0.706. The van der Waals surface area contributed by atoms with Gasteiger partial charge in [0.15, 0.2) is 6.79 Å². The maximum atomic E-state index is 9.90. The van der Waals surface area contributed by atoms with Crippen molar-refractivity contribution >= 4 is 16.7 Å². The predicted octanol–water partition coefficient (Wildman–Crippen LogP) is 2.06. The molecule has 0 atom stereocenters. The Kier molecular flexibility index (Phi) is 3.57. The molecule has 1 fully saturated rings. The van der Waals surface area contributed by atoms with Crippen molar-refractivity contribution < 1.29 is 19.4 Å². The molecule has 0 aromatic heterocycles. The average Bonchev–Trinajstić information content (AvgIpc) is 2.82. The Morgan fingerprint density at radius 1 is 1.06 bits per heavy atom. The second-order valence-corrected chi connectivity index (χ2v) is 3.48. The largest absolute Gasteiger partial charge is 0.507 e. The summed E-state index contributed by atoms with van der Waals surface area (Å²) in [6.07, 6.45) is 0. The van der Waals surface area contributed by atoms with Crippen molar-refractivity contribution in [1.29, 1.82) is 0 Å². The summed E-state index contributed by atoms with van der Waals surface area (Å²) in [5.41, 5.74) is 0. The Hall–Kier alpha value is -2.07. The van der Waals surface area contributed by atoms with Crippen LogP contribution in [0.3, 0.4) is 0 Å². The molecule has 0 radical (unpaired) electrons. The molecule has 0 bridgehead atoms. The highest BCUT2D eigenvalue weighted by atomic mass is 16.7. The number of carbonyl (C=O) groups excluding carboxylic acids is 1. The number of ether oxygens (including phenoxy) is 2. The first-order valence-electron chi connectivity index (χ1n) is 5.17. The van der Waals surface area contributed by atoms with Crippen LogP contribution < -0.4 is 0 Å². The highest BCUT2D eigenvalue weighted by Crippen LogP contribution is 2.22. The Morgan fingerprint density at radius 2 is 1.82 bits per heavy atom. The Bertz CT molecular complexity index is 508. The van der Waals surface area contributed by atoms with Crippen molar-refractivity contribution in [2.75, 3.05) is 13.4 Å². The van der Waals surface area contributed by atoms with Crippen LogP contribution in [0.25, 0.3) is 10.8 Å². The van der Waals surface area contributed by atoms with E-state index in [0.717, 1.165) is 10.8 Å². The van der Waals surface area contributed by atoms with E-state index in [4.69, 9.17) is 0 Å². The molecule has 2 aromatic carbocycles. The lowest BCUT2D eigenvalue weighted by Gasteiger charge is -1.97. The standard InChI is InChI=1S/C10H8O.C3H4O3/c11-10-7-3-5-8-4-1-2-6-9(8)10;4-3-1-5-2-6-3/h1-7,11H;1-2H2. The zero-order valence-electron chi connectivity index (χ0n) is 9.13. The van der Waals surface area contributed by atoms with Gasteiger partial charge in [-0.1, -0.05) is 36.4 Å². The SMILES string of the molecule is O=C1COCO1.Oc1cccc2ccccc12. The number of hydrogen-bond donors (Lipinski definition) is 1. The number of fused-ring (bicyclic) bond motifs is 1. The van der Waals surface area contributed by atoms with Crippen LogP contribution in [0.1, 0.15) is 0 Å². The fourth-order valence-electron chi connectivity index (χ4n) is 1.48. The maximum absolute atomic E-state index is 9.90. The van der Waals surface area contributed by atoms with Gasteiger partial charge in [0, 0.05) is 5.39 Å². The van der Waals surface area contributed by atoms with Gasteiger partial charge in [-0.2, -0.15) is 0 Å². The van der Waals surface area contributed by atoms with E-state index in [2.05, 4.69) is 9.47 Å². The van der Waals surface area contributed by atoms with Gasteiger partial charge in [0.25, 0.3) is 0 Å². The molecule has 0 amide bonds. The van der Waals surface area contributed by atoms with E-state index in [1.807, 2.05) is 36.4 Å². The first kappa shape index (κ1) is 11.4. The third kappa shape index (κ3) is 2.95. The maximum Gasteiger partial charge on any atom is 0.334 e. The first-order valence-corrected chi connectivity index (χ1v) is 5.17. The summed E-state index contributed by atoms with van der Waals surface area (Å²) < 4.78 is 8.78. The van der Waals surface area contributed by atoms with Gasteiger partial charge < -0.3 is 14.6 Å². The van der Waals surface area contributed by atoms with Gasteiger partial charge >= 0.3 is 5.97 Å². The summed E-state index contributed by atoms with van der Waals surface area (Å²) in [4.78, 5) is 9.90. The van der Waals surface area contributed by atoms with E-state index < -0.39 is 0 Å². The smallest absolute Gasteiger partial charge is 0.334 e. The molecule has 4 heteroatoms. The number of phenolic OH excluding ortho intramolecular Hbond substituents is 1. The normalized spacial score (nSPS) is 14.0. The van der Waals surface area contributed by atoms with E-state index >= 15 is 0 Å². The topological polar surface area (TPSA) is 55.8 Å². The van der Waals surface area contributed by atoms with Crippen molar-refractivity contribution in [3.8, 4) is 5.75 Å². The van der Waals surface area contributed by atoms with Crippen molar-refractivity contribution in [1.82, 2.24) is 0 Å². The number of esters is 1. The van der Waals surface area contributed by atoms with E-state index in [9.17, 15) is 9.90 Å². The zero-order valence-corrected chi connectivity index (χ0v) is 9.13. The fraction of sp³-hybridized carbons (Fsp3) is 0.154. The lowest BCUT2D eigenvalue weighted by molar-refractivity contribution is -0.137. The van der Waals surface area contributed by atoms with Gasteiger partial charge in [-0.15, -0.1) is 0 Å². The van der Waals surface area contributed by atoms with Crippen LogP contribution in [0, 0.1) is 0 Å². The third-order valence-corrected chi connectivity index (χ3v) is 2.29. The molecule has 1 aliphatic rings. The molecule has 0 saturated carbocycles. The number of rotatable bonds is 0. The Morgan fingerprint density at radius 3 is 2.41 bits per heavy atom. The molecule has 0 aliphatic carbocycles. The molecule has 3 rings (SSSR count). The van der Waals surface area contributed by atoms with Crippen LogP contribution in [0.2, 0.25) is 0 Å². The van der Waals surface area contributed by atoms with Crippen LogP contribution in [0.15, 0.2) is 42.5 Å². The molecule has 1 N–H and O–H groups in total. The molecule has 17 heavy (non-hydrogen) atoms. The van der Waals surface area contributed by atoms with E-state index in [1.54, 1.807) is 6.07 Å². The van der Waals surface area contributed by atoms with Gasteiger partial charge in [-0.05, 0) is 11.5 Å². The van der Waals surface area contributed by atoms with Crippen LogP contribution in [-0.4, -0.2) is 24.5 Å². The summed E-state index contributed by atoms with van der Waals surface area (Å²) in [7, 11) is 0.